The van der Waals surface area contributed by atoms with E-state index in [1.165, 1.54) is 0 Å². The summed E-state index contributed by atoms with van der Waals surface area (Å²) in [4.78, 5) is 10.5. The summed E-state index contributed by atoms with van der Waals surface area (Å²) >= 11 is 0. The maximum atomic E-state index is 13.3. The van der Waals surface area contributed by atoms with E-state index in [4.69, 9.17) is 5.11 Å². The highest BCUT2D eigenvalue weighted by Crippen LogP contribution is 2.44. The van der Waals surface area contributed by atoms with Crippen LogP contribution in [-0.2, 0) is 4.79 Å². The molecule has 0 unspecified atom stereocenters. The Balaban J connectivity index is 2.16. The number of alkyl halides is 1. The van der Waals surface area contributed by atoms with Crippen molar-refractivity contribution in [2.75, 3.05) is 0 Å². The molecule has 1 heterocycles. The third-order valence-electron chi connectivity index (χ3n) is 2.65. The van der Waals surface area contributed by atoms with Crippen LogP contribution in [-0.4, -0.2) is 22.9 Å². The predicted octanol–water partition coefficient (Wildman–Crippen LogP) is 0.509. The number of carbonyl (C=O) groups is 1. The predicted molar refractivity (Wildman–Crippen MR) is 35.7 cm³/mol. The molecule has 0 aromatic carbocycles. The van der Waals surface area contributed by atoms with Gasteiger partial charge < -0.3 is 5.11 Å². The van der Waals surface area contributed by atoms with Gasteiger partial charge in [-0.1, -0.05) is 0 Å². The lowest BCUT2D eigenvalue weighted by atomic mass is 10.0. The highest BCUT2D eigenvalue weighted by molar-refractivity contribution is 5.74. The SMILES string of the molecule is O=C(O)[C@@H]1N[C@]2(F)CC[C@H]1C2. The average Bonchev–Trinajstić information content (AvgIpc) is 2.41. The Kier molecular flexibility index (Phi) is 1.24. The second-order valence-corrected chi connectivity index (χ2v) is 3.43. The van der Waals surface area contributed by atoms with Crippen LogP contribution in [0.5, 0.6) is 0 Å². The van der Waals surface area contributed by atoms with Gasteiger partial charge >= 0.3 is 5.97 Å². The summed E-state index contributed by atoms with van der Waals surface area (Å²) in [6.07, 6.45) is 1.56. The fourth-order valence-corrected chi connectivity index (χ4v) is 2.11. The van der Waals surface area contributed by atoms with E-state index in [0.29, 0.717) is 19.3 Å². The number of carboxylic acid groups (broad SMARTS) is 1. The number of hydrogen-bond donors (Lipinski definition) is 2. The molecule has 3 nitrogen and oxygen atoms in total. The van der Waals surface area contributed by atoms with Crippen molar-refractivity contribution in [2.45, 2.75) is 31.1 Å². The topological polar surface area (TPSA) is 49.3 Å². The molecule has 62 valence electrons. The summed E-state index contributed by atoms with van der Waals surface area (Å²) in [5.41, 5.74) is 0. The Labute approximate surface area is 63.6 Å². The van der Waals surface area contributed by atoms with Crippen molar-refractivity contribution >= 4 is 5.97 Å². The van der Waals surface area contributed by atoms with E-state index in [-0.39, 0.29) is 5.92 Å². The third kappa shape index (κ3) is 0.929. The summed E-state index contributed by atoms with van der Waals surface area (Å²) in [6.45, 7) is 0. The van der Waals surface area contributed by atoms with Crippen LogP contribution in [0.3, 0.4) is 0 Å². The number of rotatable bonds is 1. The van der Waals surface area contributed by atoms with E-state index < -0.39 is 17.8 Å². The molecule has 1 aliphatic heterocycles. The van der Waals surface area contributed by atoms with Gasteiger partial charge in [-0.3, -0.25) is 10.1 Å². The lowest BCUT2D eigenvalue weighted by molar-refractivity contribution is -0.141. The number of fused-ring (bicyclic) bond motifs is 2. The Bertz CT molecular complexity index is 209. The van der Waals surface area contributed by atoms with Crippen LogP contribution in [0.4, 0.5) is 4.39 Å². The molecule has 0 radical (unpaired) electrons. The van der Waals surface area contributed by atoms with Crippen LogP contribution >= 0.6 is 0 Å². The van der Waals surface area contributed by atoms with Gasteiger partial charge in [-0.2, -0.15) is 0 Å². The highest BCUT2D eigenvalue weighted by atomic mass is 19.1. The van der Waals surface area contributed by atoms with Gasteiger partial charge in [0.2, 0.25) is 0 Å². The van der Waals surface area contributed by atoms with E-state index in [1.807, 2.05) is 0 Å². The Morgan fingerprint density at radius 3 is 2.73 bits per heavy atom. The lowest BCUT2D eigenvalue weighted by Gasteiger charge is -2.22. The Morgan fingerprint density at radius 1 is 1.73 bits per heavy atom. The average molecular weight is 159 g/mol. The van der Waals surface area contributed by atoms with Crippen LogP contribution in [0.25, 0.3) is 0 Å². The first-order valence-corrected chi connectivity index (χ1v) is 3.80. The molecular formula is C7H10FNO2. The lowest BCUT2D eigenvalue weighted by Crippen LogP contribution is -2.46. The van der Waals surface area contributed by atoms with Crippen molar-refractivity contribution < 1.29 is 14.3 Å². The van der Waals surface area contributed by atoms with Gasteiger partial charge in [0.1, 0.15) is 6.04 Å². The Morgan fingerprint density at radius 2 is 2.45 bits per heavy atom. The number of hydrogen-bond acceptors (Lipinski definition) is 2. The molecule has 2 fully saturated rings. The van der Waals surface area contributed by atoms with E-state index in [0.717, 1.165) is 0 Å². The van der Waals surface area contributed by atoms with E-state index in [9.17, 15) is 9.18 Å². The van der Waals surface area contributed by atoms with Crippen molar-refractivity contribution in [1.82, 2.24) is 5.32 Å². The first-order chi connectivity index (χ1) is 5.11. The molecular weight excluding hydrogens is 149 g/mol. The minimum Gasteiger partial charge on any atom is -0.480 e. The van der Waals surface area contributed by atoms with Crippen LogP contribution in [0.1, 0.15) is 19.3 Å². The third-order valence-corrected chi connectivity index (χ3v) is 2.65. The summed E-state index contributed by atoms with van der Waals surface area (Å²) in [6, 6.07) is -0.645. The zero-order chi connectivity index (χ0) is 8.06. The van der Waals surface area contributed by atoms with Gasteiger partial charge in [-0.25, -0.2) is 4.39 Å². The second-order valence-electron chi connectivity index (χ2n) is 3.43. The van der Waals surface area contributed by atoms with Crippen LogP contribution in [0.2, 0.25) is 0 Å². The normalized spacial score (nSPS) is 48.1. The first-order valence-electron chi connectivity index (χ1n) is 3.80. The molecule has 2 rings (SSSR count). The van der Waals surface area contributed by atoms with Crippen LogP contribution in [0.15, 0.2) is 0 Å². The molecule has 2 aliphatic rings. The molecule has 2 bridgehead atoms. The van der Waals surface area contributed by atoms with Crippen molar-refractivity contribution in [3.63, 3.8) is 0 Å². The fraction of sp³-hybridized carbons (Fsp3) is 0.857. The van der Waals surface area contributed by atoms with Crippen LogP contribution in [0, 0.1) is 5.92 Å². The standard InChI is InChI=1S/C7H10FNO2/c8-7-2-1-4(3-7)5(9-7)6(10)11/h4-5,9H,1-3H2,(H,10,11)/t4-,5+,7+/m0/s1. The smallest absolute Gasteiger partial charge is 0.321 e. The molecule has 1 saturated heterocycles. The maximum absolute atomic E-state index is 13.3. The zero-order valence-electron chi connectivity index (χ0n) is 6.01. The minimum atomic E-state index is -1.37. The number of carboxylic acids is 1. The molecule has 2 N–H and O–H groups in total. The second kappa shape index (κ2) is 1.94. The summed E-state index contributed by atoms with van der Waals surface area (Å²) < 4.78 is 13.3. The number of halogens is 1. The molecule has 0 aromatic heterocycles. The van der Waals surface area contributed by atoms with Gasteiger partial charge in [-0.15, -0.1) is 0 Å². The fourth-order valence-electron chi connectivity index (χ4n) is 2.11. The van der Waals surface area contributed by atoms with E-state index in [1.54, 1.807) is 0 Å². The number of piperidine rings is 1. The van der Waals surface area contributed by atoms with Gasteiger partial charge in [-0.05, 0) is 25.2 Å². The molecule has 1 aliphatic carbocycles. The molecule has 4 heteroatoms. The number of aliphatic carboxylic acids is 1. The minimum absolute atomic E-state index is 0.0116. The summed E-state index contributed by atoms with van der Waals surface area (Å²) in [7, 11) is 0. The van der Waals surface area contributed by atoms with Crippen molar-refractivity contribution in [1.29, 1.82) is 0 Å². The van der Waals surface area contributed by atoms with E-state index in [2.05, 4.69) is 5.32 Å². The zero-order valence-corrected chi connectivity index (χ0v) is 6.01. The molecule has 11 heavy (non-hydrogen) atoms. The van der Waals surface area contributed by atoms with Crippen molar-refractivity contribution in [3.05, 3.63) is 0 Å². The van der Waals surface area contributed by atoms with Crippen molar-refractivity contribution in [3.8, 4) is 0 Å². The van der Waals surface area contributed by atoms with Crippen LogP contribution < -0.4 is 5.32 Å². The molecule has 1 saturated carbocycles. The monoisotopic (exact) mass is 159 g/mol. The van der Waals surface area contributed by atoms with Gasteiger partial charge in [0, 0.05) is 0 Å². The van der Waals surface area contributed by atoms with Crippen molar-refractivity contribution in [2.24, 2.45) is 5.92 Å². The summed E-state index contributed by atoms with van der Waals surface area (Å²) in [5.74, 6) is -2.28. The van der Waals surface area contributed by atoms with Gasteiger partial charge in [0.05, 0.1) is 0 Å². The quantitative estimate of drug-likeness (QED) is 0.548. The van der Waals surface area contributed by atoms with Gasteiger partial charge in [0.15, 0.2) is 5.79 Å². The Hall–Kier alpha value is -0.640. The van der Waals surface area contributed by atoms with E-state index >= 15 is 0 Å². The molecule has 0 spiro atoms. The molecule has 3 atom stereocenters. The number of nitrogens with one attached hydrogen (secondary N) is 1. The molecule has 0 aromatic rings. The maximum Gasteiger partial charge on any atom is 0.321 e. The first kappa shape index (κ1) is 7.03. The largest absolute Gasteiger partial charge is 0.480 e. The van der Waals surface area contributed by atoms with Gasteiger partial charge in [0.25, 0.3) is 0 Å². The summed E-state index contributed by atoms with van der Waals surface area (Å²) in [5, 5.41) is 11.1. The highest BCUT2D eigenvalue weighted by Gasteiger charge is 2.53. The molecule has 0 amide bonds.